The molecule has 0 aliphatic heterocycles. The molecule has 1 aromatic heterocycles. The molecule has 0 spiro atoms. The highest BCUT2D eigenvalue weighted by Gasteiger charge is 2.02. The van der Waals surface area contributed by atoms with Gasteiger partial charge in [0, 0.05) is 24.0 Å². The number of rotatable bonds is 7. The van der Waals surface area contributed by atoms with Crippen LogP contribution in [0.3, 0.4) is 0 Å². The quantitative estimate of drug-likeness (QED) is 0.462. The van der Waals surface area contributed by atoms with Crippen molar-refractivity contribution in [1.82, 2.24) is 0 Å². The minimum Gasteiger partial charge on any atom is -0.463 e. The maximum Gasteiger partial charge on any atom is 0.330 e. The summed E-state index contributed by atoms with van der Waals surface area (Å²) in [4.78, 5) is 12.4. The molecule has 0 fully saturated rings. The molecule has 0 saturated heterocycles. The smallest absolute Gasteiger partial charge is 0.330 e. The van der Waals surface area contributed by atoms with Gasteiger partial charge in [-0.15, -0.1) is 11.3 Å². The summed E-state index contributed by atoms with van der Waals surface area (Å²) in [5.41, 5.74) is 0.983. The Bertz CT molecular complexity index is 368. The standard InChI is InChI=1S/C13H18O3S/c1-2-3-9-16-13(15)5-4-11-7-10-17-12(11)6-8-14/h4-5,7,10,14H,2-3,6,8-9H2,1H3/b5-4+. The Kier molecular flexibility index (Phi) is 6.58. The van der Waals surface area contributed by atoms with Crippen molar-refractivity contribution in [2.45, 2.75) is 26.2 Å². The maximum atomic E-state index is 11.3. The Hall–Kier alpha value is -1.13. The molecule has 0 aromatic carbocycles. The van der Waals surface area contributed by atoms with Crippen molar-refractivity contribution >= 4 is 23.4 Å². The van der Waals surface area contributed by atoms with E-state index in [1.807, 2.05) is 11.4 Å². The van der Waals surface area contributed by atoms with Crippen molar-refractivity contribution < 1.29 is 14.6 Å². The van der Waals surface area contributed by atoms with Gasteiger partial charge in [0.1, 0.15) is 0 Å². The lowest BCUT2D eigenvalue weighted by atomic mass is 10.2. The number of carbonyl (C=O) groups excluding carboxylic acids is 1. The molecule has 0 unspecified atom stereocenters. The zero-order valence-electron chi connectivity index (χ0n) is 10.0. The number of aliphatic hydroxyl groups is 1. The Morgan fingerprint density at radius 1 is 1.59 bits per heavy atom. The van der Waals surface area contributed by atoms with Crippen molar-refractivity contribution in [3.05, 3.63) is 28.0 Å². The summed E-state index contributed by atoms with van der Waals surface area (Å²) in [5, 5.41) is 10.8. The summed E-state index contributed by atoms with van der Waals surface area (Å²) in [6.45, 7) is 2.66. The Morgan fingerprint density at radius 3 is 3.12 bits per heavy atom. The molecular weight excluding hydrogens is 236 g/mol. The third kappa shape index (κ3) is 5.15. The van der Waals surface area contributed by atoms with E-state index in [1.165, 1.54) is 6.08 Å². The predicted molar refractivity (Wildman–Crippen MR) is 70.0 cm³/mol. The SMILES string of the molecule is CCCCOC(=O)/C=C/c1ccsc1CCO. The molecule has 0 saturated carbocycles. The molecule has 4 heteroatoms. The normalized spacial score (nSPS) is 10.9. The summed E-state index contributed by atoms with van der Waals surface area (Å²) in [6, 6.07) is 1.94. The van der Waals surface area contributed by atoms with Gasteiger partial charge < -0.3 is 9.84 Å². The van der Waals surface area contributed by atoms with Crippen LogP contribution in [0, 0.1) is 0 Å². The number of thiophene rings is 1. The van der Waals surface area contributed by atoms with Crippen LogP contribution in [0.25, 0.3) is 6.08 Å². The number of hydrogen-bond donors (Lipinski definition) is 1. The highest BCUT2D eigenvalue weighted by atomic mass is 32.1. The Balaban J connectivity index is 2.46. The average molecular weight is 254 g/mol. The van der Waals surface area contributed by atoms with Crippen LogP contribution in [0.15, 0.2) is 17.5 Å². The van der Waals surface area contributed by atoms with Gasteiger partial charge in [-0.2, -0.15) is 0 Å². The number of unbranched alkanes of at least 4 members (excludes halogenated alkanes) is 1. The molecule has 0 bridgehead atoms. The largest absolute Gasteiger partial charge is 0.463 e. The van der Waals surface area contributed by atoms with Crippen LogP contribution in [-0.4, -0.2) is 24.3 Å². The second kappa shape index (κ2) is 8.03. The highest BCUT2D eigenvalue weighted by molar-refractivity contribution is 7.10. The topological polar surface area (TPSA) is 46.5 Å². The van der Waals surface area contributed by atoms with Crippen LogP contribution in [0.5, 0.6) is 0 Å². The first-order valence-electron chi connectivity index (χ1n) is 5.80. The third-order valence-corrected chi connectivity index (χ3v) is 3.26. The molecule has 1 rings (SSSR count). The van der Waals surface area contributed by atoms with E-state index in [4.69, 9.17) is 9.84 Å². The van der Waals surface area contributed by atoms with Gasteiger partial charge in [-0.1, -0.05) is 13.3 Å². The van der Waals surface area contributed by atoms with E-state index in [2.05, 4.69) is 6.92 Å². The fraction of sp³-hybridized carbons (Fsp3) is 0.462. The van der Waals surface area contributed by atoms with Gasteiger partial charge >= 0.3 is 5.97 Å². The van der Waals surface area contributed by atoms with Gasteiger partial charge in [-0.05, 0) is 29.5 Å². The summed E-state index contributed by atoms with van der Waals surface area (Å²) in [6.07, 6.45) is 5.73. The van der Waals surface area contributed by atoms with Gasteiger partial charge in [0.25, 0.3) is 0 Å². The van der Waals surface area contributed by atoms with E-state index in [1.54, 1.807) is 17.4 Å². The summed E-state index contributed by atoms with van der Waals surface area (Å²) in [7, 11) is 0. The van der Waals surface area contributed by atoms with Gasteiger partial charge in [-0.3, -0.25) is 0 Å². The molecule has 0 aliphatic carbocycles. The van der Waals surface area contributed by atoms with E-state index < -0.39 is 0 Å². The van der Waals surface area contributed by atoms with Gasteiger partial charge in [-0.25, -0.2) is 4.79 Å². The van der Waals surface area contributed by atoms with E-state index >= 15 is 0 Å². The first-order chi connectivity index (χ1) is 8.27. The fourth-order valence-corrected chi connectivity index (χ4v) is 2.19. The molecule has 0 atom stereocenters. The van der Waals surface area contributed by atoms with Crippen molar-refractivity contribution in [3.8, 4) is 0 Å². The van der Waals surface area contributed by atoms with Crippen LogP contribution in [0.2, 0.25) is 0 Å². The summed E-state index contributed by atoms with van der Waals surface area (Å²) in [5.74, 6) is -0.306. The Labute approximate surface area is 106 Å². The molecule has 1 aromatic rings. The van der Waals surface area contributed by atoms with Crippen molar-refractivity contribution in [3.63, 3.8) is 0 Å². The van der Waals surface area contributed by atoms with Crippen LogP contribution in [-0.2, 0) is 16.0 Å². The summed E-state index contributed by atoms with van der Waals surface area (Å²) < 4.78 is 5.01. The molecule has 1 N–H and O–H groups in total. The minimum absolute atomic E-state index is 0.127. The molecule has 94 valence electrons. The lowest BCUT2D eigenvalue weighted by molar-refractivity contribution is -0.137. The number of aliphatic hydroxyl groups excluding tert-OH is 1. The second-order valence-electron chi connectivity index (χ2n) is 3.63. The number of hydrogen-bond acceptors (Lipinski definition) is 4. The average Bonchev–Trinajstić information content (AvgIpc) is 2.75. The molecule has 3 nitrogen and oxygen atoms in total. The molecule has 1 heterocycles. The lowest BCUT2D eigenvalue weighted by Crippen LogP contribution is -2.01. The van der Waals surface area contributed by atoms with Crippen molar-refractivity contribution in [2.24, 2.45) is 0 Å². The lowest BCUT2D eigenvalue weighted by Gasteiger charge is -1.99. The van der Waals surface area contributed by atoms with Gasteiger partial charge in [0.2, 0.25) is 0 Å². The predicted octanol–water partition coefficient (Wildman–Crippen LogP) is 2.64. The molecule has 17 heavy (non-hydrogen) atoms. The molecule has 0 aliphatic rings. The zero-order chi connectivity index (χ0) is 12.5. The first kappa shape index (κ1) is 13.9. The summed E-state index contributed by atoms with van der Waals surface area (Å²) >= 11 is 1.58. The monoisotopic (exact) mass is 254 g/mol. The van der Waals surface area contributed by atoms with E-state index in [-0.39, 0.29) is 12.6 Å². The number of ether oxygens (including phenoxy) is 1. The van der Waals surface area contributed by atoms with Crippen LogP contribution >= 0.6 is 11.3 Å². The molecular formula is C13H18O3S. The van der Waals surface area contributed by atoms with Crippen LogP contribution in [0.4, 0.5) is 0 Å². The maximum absolute atomic E-state index is 11.3. The van der Waals surface area contributed by atoms with Crippen molar-refractivity contribution in [1.29, 1.82) is 0 Å². The third-order valence-electron chi connectivity index (χ3n) is 2.26. The number of carbonyl (C=O) groups is 1. The molecule has 0 amide bonds. The zero-order valence-corrected chi connectivity index (χ0v) is 10.8. The fourth-order valence-electron chi connectivity index (χ4n) is 1.33. The number of esters is 1. The van der Waals surface area contributed by atoms with Crippen molar-refractivity contribution in [2.75, 3.05) is 13.2 Å². The van der Waals surface area contributed by atoms with Gasteiger partial charge in [0.15, 0.2) is 0 Å². The van der Waals surface area contributed by atoms with Crippen LogP contribution in [0.1, 0.15) is 30.2 Å². The second-order valence-corrected chi connectivity index (χ2v) is 4.63. The highest BCUT2D eigenvalue weighted by Crippen LogP contribution is 2.18. The minimum atomic E-state index is -0.306. The van der Waals surface area contributed by atoms with E-state index in [0.717, 1.165) is 23.3 Å². The Morgan fingerprint density at radius 2 is 2.41 bits per heavy atom. The molecule has 0 radical (unpaired) electrons. The van der Waals surface area contributed by atoms with Crippen LogP contribution < -0.4 is 0 Å². The van der Waals surface area contributed by atoms with Gasteiger partial charge in [0.05, 0.1) is 6.61 Å². The van der Waals surface area contributed by atoms with E-state index in [0.29, 0.717) is 13.0 Å². The first-order valence-corrected chi connectivity index (χ1v) is 6.68. The van der Waals surface area contributed by atoms with E-state index in [9.17, 15) is 4.79 Å².